The zero-order valence-electron chi connectivity index (χ0n) is 11.7. The van der Waals surface area contributed by atoms with Crippen LogP contribution in [0.15, 0.2) is 0 Å². The zero-order chi connectivity index (χ0) is 13.5. The minimum atomic E-state index is -0.311. The van der Waals surface area contributed by atoms with Gasteiger partial charge in [-0.3, -0.25) is 4.79 Å². The molecule has 1 aromatic rings. The average Bonchev–Trinajstić information content (AvgIpc) is 2.50. The van der Waals surface area contributed by atoms with Crippen LogP contribution in [0, 0.1) is 19.3 Å². The maximum Gasteiger partial charge on any atom is 0.225 e. The Bertz CT molecular complexity index is 436. The van der Waals surface area contributed by atoms with Crippen LogP contribution < -0.4 is 10.2 Å². The van der Waals surface area contributed by atoms with E-state index in [2.05, 4.69) is 22.1 Å². The van der Waals surface area contributed by atoms with Gasteiger partial charge >= 0.3 is 0 Å². The SMILES string of the molecule is Cc1nc(N2CC(NC(=O)C(C)(C)C)C2)sc1C. The summed E-state index contributed by atoms with van der Waals surface area (Å²) >= 11 is 1.73. The largest absolute Gasteiger partial charge is 0.349 e. The van der Waals surface area contributed by atoms with Crippen LogP contribution in [0.25, 0.3) is 0 Å². The van der Waals surface area contributed by atoms with Crippen molar-refractivity contribution in [3.63, 3.8) is 0 Å². The molecule has 2 rings (SSSR count). The first-order valence-electron chi connectivity index (χ1n) is 6.27. The fraction of sp³-hybridized carbons (Fsp3) is 0.692. The van der Waals surface area contributed by atoms with Crippen LogP contribution in [0.5, 0.6) is 0 Å². The molecular weight excluding hydrogens is 246 g/mol. The summed E-state index contributed by atoms with van der Waals surface area (Å²) in [5.74, 6) is 0.124. The summed E-state index contributed by atoms with van der Waals surface area (Å²) in [6.07, 6.45) is 0. The Kier molecular flexibility index (Phi) is 3.36. The molecule has 1 aliphatic heterocycles. The van der Waals surface area contributed by atoms with Crippen LogP contribution >= 0.6 is 11.3 Å². The number of anilines is 1. The van der Waals surface area contributed by atoms with Crippen molar-refractivity contribution in [1.29, 1.82) is 0 Å². The Morgan fingerprint density at radius 3 is 2.44 bits per heavy atom. The van der Waals surface area contributed by atoms with Crippen molar-refractivity contribution in [2.45, 2.75) is 40.7 Å². The Balaban J connectivity index is 1.86. The van der Waals surface area contributed by atoms with Crippen molar-refractivity contribution in [3.05, 3.63) is 10.6 Å². The third kappa shape index (κ3) is 2.66. The first-order chi connectivity index (χ1) is 8.27. The van der Waals surface area contributed by atoms with Gasteiger partial charge in [-0.25, -0.2) is 4.98 Å². The first-order valence-corrected chi connectivity index (χ1v) is 7.09. The number of aryl methyl sites for hydroxylation is 2. The average molecular weight is 267 g/mol. The Morgan fingerprint density at radius 1 is 1.39 bits per heavy atom. The van der Waals surface area contributed by atoms with Gasteiger partial charge in [0.15, 0.2) is 5.13 Å². The van der Waals surface area contributed by atoms with E-state index in [9.17, 15) is 4.79 Å². The zero-order valence-corrected chi connectivity index (χ0v) is 12.5. The van der Waals surface area contributed by atoms with E-state index < -0.39 is 0 Å². The lowest BCUT2D eigenvalue weighted by Gasteiger charge is -2.40. The molecule has 1 aliphatic rings. The summed E-state index contributed by atoms with van der Waals surface area (Å²) in [4.78, 5) is 19.8. The fourth-order valence-electron chi connectivity index (χ4n) is 1.72. The van der Waals surface area contributed by atoms with Gasteiger partial charge in [-0.15, -0.1) is 11.3 Å². The van der Waals surface area contributed by atoms with E-state index in [4.69, 9.17) is 0 Å². The smallest absolute Gasteiger partial charge is 0.225 e. The monoisotopic (exact) mass is 267 g/mol. The molecule has 1 amide bonds. The summed E-state index contributed by atoms with van der Waals surface area (Å²) < 4.78 is 0. The summed E-state index contributed by atoms with van der Waals surface area (Å²) in [6.45, 7) is 11.7. The van der Waals surface area contributed by atoms with Gasteiger partial charge in [0.1, 0.15) is 0 Å². The van der Waals surface area contributed by atoms with Gasteiger partial charge in [0.05, 0.1) is 11.7 Å². The highest BCUT2D eigenvalue weighted by atomic mass is 32.1. The van der Waals surface area contributed by atoms with Crippen molar-refractivity contribution in [2.24, 2.45) is 5.41 Å². The van der Waals surface area contributed by atoms with Crippen LogP contribution in [0.3, 0.4) is 0 Å². The van der Waals surface area contributed by atoms with Crippen LogP contribution in [-0.2, 0) is 4.79 Å². The van der Waals surface area contributed by atoms with E-state index in [0.29, 0.717) is 0 Å². The maximum absolute atomic E-state index is 11.8. The van der Waals surface area contributed by atoms with Crippen molar-refractivity contribution in [1.82, 2.24) is 10.3 Å². The molecule has 4 nitrogen and oxygen atoms in total. The van der Waals surface area contributed by atoms with Crippen LogP contribution in [0.2, 0.25) is 0 Å². The summed E-state index contributed by atoms with van der Waals surface area (Å²) in [5, 5.41) is 4.15. The molecule has 0 radical (unpaired) electrons. The number of nitrogens with zero attached hydrogens (tertiary/aromatic N) is 2. The highest BCUT2D eigenvalue weighted by molar-refractivity contribution is 7.15. The van der Waals surface area contributed by atoms with Crippen LogP contribution in [0.4, 0.5) is 5.13 Å². The standard InChI is InChI=1S/C13H21N3OS/c1-8-9(2)18-12(14-8)16-6-10(7-16)15-11(17)13(3,4)5/h10H,6-7H2,1-5H3,(H,15,17). The van der Waals surface area contributed by atoms with Gasteiger partial charge in [0.2, 0.25) is 5.91 Å². The molecule has 1 saturated heterocycles. The molecule has 1 aromatic heterocycles. The van der Waals surface area contributed by atoms with Gasteiger partial charge in [0, 0.05) is 23.4 Å². The van der Waals surface area contributed by atoms with E-state index in [1.165, 1.54) is 4.88 Å². The first kappa shape index (κ1) is 13.3. The fourth-order valence-corrected chi connectivity index (χ4v) is 2.65. The van der Waals surface area contributed by atoms with Crippen molar-refractivity contribution in [2.75, 3.05) is 18.0 Å². The van der Waals surface area contributed by atoms with Gasteiger partial charge in [-0.05, 0) is 13.8 Å². The molecule has 0 saturated carbocycles. The predicted octanol–water partition coefficient (Wildman–Crippen LogP) is 2.11. The van der Waals surface area contributed by atoms with Crippen molar-refractivity contribution < 1.29 is 4.79 Å². The second-order valence-electron chi connectivity index (χ2n) is 5.96. The molecule has 2 heterocycles. The third-order valence-electron chi connectivity index (χ3n) is 3.19. The molecule has 0 aromatic carbocycles. The quantitative estimate of drug-likeness (QED) is 0.892. The topological polar surface area (TPSA) is 45.2 Å². The van der Waals surface area contributed by atoms with E-state index in [-0.39, 0.29) is 17.4 Å². The second kappa shape index (κ2) is 4.53. The molecule has 5 heteroatoms. The van der Waals surface area contributed by atoms with E-state index in [1.54, 1.807) is 11.3 Å². The Labute approximate surface area is 112 Å². The normalized spacial score (nSPS) is 16.6. The summed E-state index contributed by atoms with van der Waals surface area (Å²) in [6, 6.07) is 0.265. The van der Waals surface area contributed by atoms with Crippen molar-refractivity contribution >= 4 is 22.4 Å². The number of aromatic nitrogens is 1. The molecule has 100 valence electrons. The third-order valence-corrected chi connectivity index (χ3v) is 4.32. The number of carbonyl (C=O) groups is 1. The molecule has 18 heavy (non-hydrogen) atoms. The predicted molar refractivity (Wildman–Crippen MR) is 75.2 cm³/mol. The molecule has 0 unspecified atom stereocenters. The number of hydrogen-bond acceptors (Lipinski definition) is 4. The minimum absolute atomic E-state index is 0.124. The van der Waals surface area contributed by atoms with E-state index in [1.807, 2.05) is 27.7 Å². The number of carbonyl (C=O) groups excluding carboxylic acids is 1. The highest BCUT2D eigenvalue weighted by Gasteiger charge is 2.32. The summed E-state index contributed by atoms with van der Waals surface area (Å²) in [7, 11) is 0. The lowest BCUT2D eigenvalue weighted by molar-refractivity contribution is -0.129. The number of rotatable bonds is 2. The van der Waals surface area contributed by atoms with Gasteiger partial charge in [-0.1, -0.05) is 20.8 Å². The van der Waals surface area contributed by atoms with Crippen molar-refractivity contribution in [3.8, 4) is 0 Å². The van der Waals surface area contributed by atoms with Gasteiger partial charge < -0.3 is 10.2 Å². The Hall–Kier alpha value is -1.10. The van der Waals surface area contributed by atoms with Gasteiger partial charge in [-0.2, -0.15) is 0 Å². The summed E-state index contributed by atoms with van der Waals surface area (Å²) in [5.41, 5.74) is 0.798. The van der Waals surface area contributed by atoms with Gasteiger partial charge in [0.25, 0.3) is 0 Å². The minimum Gasteiger partial charge on any atom is -0.349 e. The second-order valence-corrected chi connectivity index (χ2v) is 7.15. The molecule has 1 N–H and O–H groups in total. The van der Waals surface area contributed by atoms with Crippen LogP contribution in [0.1, 0.15) is 31.3 Å². The molecule has 1 fully saturated rings. The van der Waals surface area contributed by atoms with E-state index >= 15 is 0 Å². The van der Waals surface area contributed by atoms with Crippen LogP contribution in [-0.4, -0.2) is 30.0 Å². The molecule has 0 spiro atoms. The maximum atomic E-state index is 11.8. The molecule has 0 atom stereocenters. The lowest BCUT2D eigenvalue weighted by Crippen LogP contribution is -2.60. The Morgan fingerprint density at radius 2 is 2.00 bits per heavy atom. The molecule has 0 aliphatic carbocycles. The molecular formula is C13H21N3OS. The number of thiazole rings is 1. The highest BCUT2D eigenvalue weighted by Crippen LogP contribution is 2.28. The van der Waals surface area contributed by atoms with E-state index in [0.717, 1.165) is 23.9 Å². The number of amides is 1. The lowest BCUT2D eigenvalue weighted by atomic mass is 9.94. The molecule has 0 bridgehead atoms. The number of hydrogen-bond donors (Lipinski definition) is 1. The number of nitrogens with one attached hydrogen (secondary N) is 1.